The van der Waals surface area contributed by atoms with Crippen molar-refractivity contribution in [3.8, 4) is 11.5 Å². The number of carbonyl (C=O) groups excluding carboxylic acids is 1. The SMILES string of the molecule is COC(=O)[C@@H](N)Cc1ccc(OC)c(OC)c1.Cl. The summed E-state index contributed by atoms with van der Waals surface area (Å²) >= 11 is 0. The van der Waals surface area contributed by atoms with Crippen molar-refractivity contribution in [3.63, 3.8) is 0 Å². The van der Waals surface area contributed by atoms with Crippen LogP contribution in [0.2, 0.25) is 0 Å². The molecule has 0 radical (unpaired) electrons. The summed E-state index contributed by atoms with van der Waals surface area (Å²) in [5, 5.41) is 0. The molecule has 0 saturated carbocycles. The predicted octanol–water partition coefficient (Wildman–Crippen LogP) is 1.17. The van der Waals surface area contributed by atoms with E-state index in [0.29, 0.717) is 17.9 Å². The third kappa shape index (κ3) is 4.09. The van der Waals surface area contributed by atoms with E-state index in [0.717, 1.165) is 5.56 Å². The summed E-state index contributed by atoms with van der Waals surface area (Å²) < 4.78 is 14.8. The van der Waals surface area contributed by atoms with Crippen LogP contribution in [0.4, 0.5) is 0 Å². The van der Waals surface area contributed by atoms with Gasteiger partial charge in [-0.15, -0.1) is 12.4 Å². The number of carbonyl (C=O) groups is 1. The lowest BCUT2D eigenvalue weighted by Gasteiger charge is -2.12. The molecule has 102 valence electrons. The molecular formula is C12H18ClNO4. The molecule has 0 fully saturated rings. The topological polar surface area (TPSA) is 70.8 Å². The minimum Gasteiger partial charge on any atom is -0.493 e. The normalized spacial score (nSPS) is 11.1. The van der Waals surface area contributed by atoms with E-state index in [1.165, 1.54) is 7.11 Å². The smallest absolute Gasteiger partial charge is 0.322 e. The van der Waals surface area contributed by atoms with Gasteiger partial charge in [0.25, 0.3) is 0 Å². The summed E-state index contributed by atoms with van der Waals surface area (Å²) in [6.45, 7) is 0. The quantitative estimate of drug-likeness (QED) is 0.817. The van der Waals surface area contributed by atoms with Crippen LogP contribution >= 0.6 is 12.4 Å². The molecule has 0 spiro atoms. The van der Waals surface area contributed by atoms with E-state index in [-0.39, 0.29) is 12.4 Å². The van der Waals surface area contributed by atoms with Crippen LogP contribution in [0.5, 0.6) is 11.5 Å². The molecule has 18 heavy (non-hydrogen) atoms. The molecule has 0 aliphatic heterocycles. The zero-order valence-electron chi connectivity index (χ0n) is 10.6. The fourth-order valence-electron chi connectivity index (χ4n) is 1.50. The van der Waals surface area contributed by atoms with Crippen LogP contribution in [0.1, 0.15) is 5.56 Å². The van der Waals surface area contributed by atoms with Crippen molar-refractivity contribution in [2.75, 3.05) is 21.3 Å². The molecule has 0 bridgehead atoms. The number of rotatable bonds is 5. The molecule has 0 aliphatic carbocycles. The van der Waals surface area contributed by atoms with Gasteiger partial charge < -0.3 is 19.9 Å². The van der Waals surface area contributed by atoms with Gasteiger partial charge in [-0.1, -0.05) is 6.07 Å². The highest BCUT2D eigenvalue weighted by Crippen LogP contribution is 2.27. The van der Waals surface area contributed by atoms with Crippen molar-refractivity contribution in [2.24, 2.45) is 5.73 Å². The first-order valence-electron chi connectivity index (χ1n) is 5.16. The lowest BCUT2D eigenvalue weighted by atomic mass is 10.1. The Kier molecular flexibility index (Phi) is 7.16. The number of esters is 1. The highest BCUT2D eigenvalue weighted by molar-refractivity contribution is 5.85. The van der Waals surface area contributed by atoms with E-state index in [1.54, 1.807) is 26.4 Å². The van der Waals surface area contributed by atoms with E-state index in [4.69, 9.17) is 15.2 Å². The standard InChI is InChI=1S/C12H17NO4.ClH/c1-15-10-5-4-8(7-11(10)16-2)6-9(13)12(14)17-3;/h4-5,7,9H,6,13H2,1-3H3;1H/t9-;/m0./s1. The molecule has 2 N–H and O–H groups in total. The summed E-state index contributed by atoms with van der Waals surface area (Å²) in [4.78, 5) is 11.2. The van der Waals surface area contributed by atoms with E-state index in [2.05, 4.69) is 4.74 Å². The Bertz CT molecular complexity index is 398. The minimum absolute atomic E-state index is 0. The van der Waals surface area contributed by atoms with Gasteiger partial charge >= 0.3 is 5.97 Å². The lowest BCUT2D eigenvalue weighted by molar-refractivity contribution is -0.142. The summed E-state index contributed by atoms with van der Waals surface area (Å²) in [5.41, 5.74) is 6.56. The Morgan fingerprint density at radius 2 is 1.83 bits per heavy atom. The van der Waals surface area contributed by atoms with Crippen molar-refractivity contribution in [2.45, 2.75) is 12.5 Å². The molecular weight excluding hydrogens is 258 g/mol. The maximum absolute atomic E-state index is 11.2. The fourth-order valence-corrected chi connectivity index (χ4v) is 1.50. The molecule has 0 heterocycles. The average molecular weight is 276 g/mol. The second kappa shape index (κ2) is 7.79. The predicted molar refractivity (Wildman–Crippen MR) is 70.5 cm³/mol. The molecule has 1 rings (SSSR count). The summed E-state index contributed by atoms with van der Waals surface area (Å²) in [6.07, 6.45) is 0.396. The molecule has 0 unspecified atom stereocenters. The molecule has 1 aromatic carbocycles. The second-order valence-corrected chi connectivity index (χ2v) is 3.52. The lowest BCUT2D eigenvalue weighted by Crippen LogP contribution is -2.33. The maximum Gasteiger partial charge on any atom is 0.322 e. The van der Waals surface area contributed by atoms with Gasteiger partial charge in [0.1, 0.15) is 6.04 Å². The molecule has 0 amide bonds. The molecule has 0 saturated heterocycles. The first-order valence-corrected chi connectivity index (χ1v) is 5.16. The minimum atomic E-state index is -0.668. The number of ether oxygens (including phenoxy) is 3. The van der Waals surface area contributed by atoms with Gasteiger partial charge in [0.15, 0.2) is 11.5 Å². The Morgan fingerprint density at radius 3 is 2.33 bits per heavy atom. The van der Waals surface area contributed by atoms with Crippen LogP contribution in [-0.2, 0) is 16.0 Å². The number of benzene rings is 1. The van der Waals surface area contributed by atoms with Gasteiger partial charge in [-0.05, 0) is 24.1 Å². The van der Waals surface area contributed by atoms with Gasteiger partial charge in [-0.3, -0.25) is 4.79 Å². The van der Waals surface area contributed by atoms with Gasteiger partial charge in [0.2, 0.25) is 0 Å². The second-order valence-electron chi connectivity index (χ2n) is 3.52. The first-order chi connectivity index (χ1) is 8.12. The number of halogens is 1. The Labute approximate surface area is 113 Å². The van der Waals surface area contributed by atoms with Crippen molar-refractivity contribution in [3.05, 3.63) is 23.8 Å². The first kappa shape index (κ1) is 16.5. The third-order valence-electron chi connectivity index (χ3n) is 2.41. The Balaban J connectivity index is 0.00000289. The highest BCUT2D eigenvalue weighted by Gasteiger charge is 2.15. The van der Waals surface area contributed by atoms with Gasteiger partial charge in [0, 0.05) is 0 Å². The van der Waals surface area contributed by atoms with Crippen LogP contribution in [0.15, 0.2) is 18.2 Å². The van der Waals surface area contributed by atoms with Crippen LogP contribution in [-0.4, -0.2) is 33.3 Å². The molecule has 1 atom stereocenters. The van der Waals surface area contributed by atoms with Crippen LogP contribution in [0.25, 0.3) is 0 Å². The van der Waals surface area contributed by atoms with Crippen molar-refractivity contribution in [1.29, 1.82) is 0 Å². The van der Waals surface area contributed by atoms with Crippen molar-refractivity contribution < 1.29 is 19.0 Å². The van der Waals surface area contributed by atoms with Gasteiger partial charge in [0.05, 0.1) is 21.3 Å². The molecule has 1 aromatic rings. The van der Waals surface area contributed by atoms with E-state index < -0.39 is 12.0 Å². The fraction of sp³-hybridized carbons (Fsp3) is 0.417. The number of hydrogen-bond acceptors (Lipinski definition) is 5. The third-order valence-corrected chi connectivity index (χ3v) is 2.41. The summed E-state index contributed by atoms with van der Waals surface area (Å²) in [5.74, 6) is 0.824. The van der Waals surface area contributed by atoms with Gasteiger partial charge in [-0.2, -0.15) is 0 Å². The zero-order valence-corrected chi connectivity index (χ0v) is 11.5. The van der Waals surface area contributed by atoms with Crippen molar-refractivity contribution >= 4 is 18.4 Å². The zero-order chi connectivity index (χ0) is 12.8. The molecule has 5 nitrogen and oxygen atoms in total. The number of hydrogen-bond donors (Lipinski definition) is 1. The number of methoxy groups -OCH3 is 3. The average Bonchev–Trinajstić information content (AvgIpc) is 2.37. The highest BCUT2D eigenvalue weighted by atomic mass is 35.5. The summed E-state index contributed by atoms with van der Waals surface area (Å²) in [6, 6.07) is 4.74. The maximum atomic E-state index is 11.2. The van der Waals surface area contributed by atoms with E-state index in [9.17, 15) is 4.79 Å². The van der Waals surface area contributed by atoms with Crippen LogP contribution in [0.3, 0.4) is 0 Å². The van der Waals surface area contributed by atoms with E-state index in [1.807, 2.05) is 6.07 Å². The largest absolute Gasteiger partial charge is 0.493 e. The molecule has 0 aromatic heterocycles. The van der Waals surface area contributed by atoms with Crippen LogP contribution in [0, 0.1) is 0 Å². The Morgan fingerprint density at radius 1 is 1.22 bits per heavy atom. The monoisotopic (exact) mass is 275 g/mol. The van der Waals surface area contributed by atoms with E-state index >= 15 is 0 Å². The summed E-state index contributed by atoms with van der Waals surface area (Å²) in [7, 11) is 4.44. The molecule has 0 aliphatic rings. The van der Waals surface area contributed by atoms with Crippen LogP contribution < -0.4 is 15.2 Å². The van der Waals surface area contributed by atoms with Crippen molar-refractivity contribution in [1.82, 2.24) is 0 Å². The molecule has 6 heteroatoms. The number of nitrogens with two attached hydrogens (primary N) is 1. The van der Waals surface area contributed by atoms with Gasteiger partial charge in [-0.25, -0.2) is 0 Å². The Hall–Kier alpha value is -1.46.